The molecule has 1 aromatic carbocycles. The zero-order valence-corrected chi connectivity index (χ0v) is 9.96. The van der Waals surface area contributed by atoms with Gasteiger partial charge in [-0.05, 0) is 30.7 Å². The smallest absolute Gasteiger partial charge is 0.0373 e. The first-order chi connectivity index (χ1) is 7.09. The molecule has 2 atom stereocenters. The van der Waals surface area contributed by atoms with Crippen molar-refractivity contribution in [3.63, 3.8) is 0 Å². The number of hydrogen-bond acceptors (Lipinski definition) is 1. The van der Waals surface area contributed by atoms with Crippen LogP contribution in [0.5, 0.6) is 0 Å². The van der Waals surface area contributed by atoms with E-state index >= 15 is 0 Å². The SMILES string of the molecule is C[C@H]1CCC(C)(C)[C@@H](c2ccccc2)N1. The summed E-state index contributed by atoms with van der Waals surface area (Å²) in [4.78, 5) is 0. The Balaban J connectivity index is 2.26. The summed E-state index contributed by atoms with van der Waals surface area (Å²) in [6.07, 6.45) is 2.59. The van der Waals surface area contributed by atoms with Crippen molar-refractivity contribution in [2.45, 2.75) is 45.7 Å². The van der Waals surface area contributed by atoms with Crippen LogP contribution in [0.25, 0.3) is 0 Å². The van der Waals surface area contributed by atoms with Crippen molar-refractivity contribution >= 4 is 0 Å². The minimum Gasteiger partial charge on any atom is -0.307 e. The van der Waals surface area contributed by atoms with Gasteiger partial charge in [-0.2, -0.15) is 0 Å². The molecule has 1 fully saturated rings. The van der Waals surface area contributed by atoms with Crippen molar-refractivity contribution in [2.75, 3.05) is 0 Å². The van der Waals surface area contributed by atoms with Crippen LogP contribution < -0.4 is 5.32 Å². The van der Waals surface area contributed by atoms with Crippen molar-refractivity contribution in [1.82, 2.24) is 5.32 Å². The van der Waals surface area contributed by atoms with Gasteiger partial charge in [0, 0.05) is 12.1 Å². The number of benzene rings is 1. The Hall–Kier alpha value is -0.820. The van der Waals surface area contributed by atoms with Crippen LogP contribution in [0.3, 0.4) is 0 Å². The second kappa shape index (κ2) is 3.97. The standard InChI is InChI=1S/C14H21N/c1-11-9-10-14(2,3)13(15-11)12-7-5-4-6-8-12/h4-8,11,13,15H,9-10H2,1-3H3/t11-,13+/m0/s1. The molecule has 0 unspecified atom stereocenters. The molecule has 0 radical (unpaired) electrons. The molecule has 1 aromatic rings. The highest BCUT2D eigenvalue weighted by atomic mass is 15.0. The highest BCUT2D eigenvalue weighted by Crippen LogP contribution is 2.41. The quantitative estimate of drug-likeness (QED) is 0.736. The average molecular weight is 203 g/mol. The van der Waals surface area contributed by atoms with Crippen molar-refractivity contribution in [1.29, 1.82) is 0 Å². The normalized spacial score (nSPS) is 30.1. The summed E-state index contributed by atoms with van der Waals surface area (Å²) in [7, 11) is 0. The van der Waals surface area contributed by atoms with Gasteiger partial charge in [0.25, 0.3) is 0 Å². The Labute approximate surface area is 92.9 Å². The molecule has 1 nitrogen and oxygen atoms in total. The van der Waals surface area contributed by atoms with E-state index in [1.54, 1.807) is 0 Å². The number of piperidine rings is 1. The maximum Gasteiger partial charge on any atom is 0.0373 e. The van der Waals surface area contributed by atoms with Gasteiger partial charge in [-0.3, -0.25) is 0 Å². The largest absolute Gasteiger partial charge is 0.307 e. The fourth-order valence-corrected chi connectivity index (χ4v) is 2.52. The van der Waals surface area contributed by atoms with Gasteiger partial charge in [-0.25, -0.2) is 0 Å². The summed E-state index contributed by atoms with van der Waals surface area (Å²) >= 11 is 0. The molecule has 15 heavy (non-hydrogen) atoms. The van der Waals surface area contributed by atoms with Crippen LogP contribution in [0.1, 0.15) is 45.2 Å². The van der Waals surface area contributed by atoms with Crippen LogP contribution in [-0.2, 0) is 0 Å². The van der Waals surface area contributed by atoms with Gasteiger partial charge >= 0.3 is 0 Å². The Morgan fingerprint density at radius 3 is 2.53 bits per heavy atom. The van der Waals surface area contributed by atoms with E-state index in [1.807, 2.05) is 0 Å². The monoisotopic (exact) mass is 203 g/mol. The minimum absolute atomic E-state index is 0.369. The summed E-state index contributed by atoms with van der Waals surface area (Å²) in [5.74, 6) is 0. The molecule has 0 amide bonds. The molecule has 0 saturated carbocycles. The third-order valence-corrected chi connectivity index (χ3v) is 3.59. The number of rotatable bonds is 1. The fourth-order valence-electron chi connectivity index (χ4n) is 2.52. The second-order valence-electron chi connectivity index (χ2n) is 5.44. The highest BCUT2D eigenvalue weighted by molar-refractivity contribution is 5.22. The van der Waals surface area contributed by atoms with Crippen LogP contribution in [0, 0.1) is 5.41 Å². The van der Waals surface area contributed by atoms with E-state index in [1.165, 1.54) is 18.4 Å². The summed E-state index contributed by atoms with van der Waals surface area (Å²) in [6.45, 7) is 7.01. The Kier molecular flexibility index (Phi) is 2.83. The fraction of sp³-hybridized carbons (Fsp3) is 0.571. The maximum absolute atomic E-state index is 3.72. The van der Waals surface area contributed by atoms with E-state index in [4.69, 9.17) is 0 Å². The lowest BCUT2D eigenvalue weighted by Crippen LogP contribution is -2.44. The lowest BCUT2D eigenvalue weighted by molar-refractivity contribution is 0.152. The first kappa shape index (κ1) is 10.7. The summed E-state index contributed by atoms with van der Waals surface area (Å²) < 4.78 is 0. The molecule has 1 saturated heterocycles. The van der Waals surface area contributed by atoms with E-state index in [9.17, 15) is 0 Å². The van der Waals surface area contributed by atoms with Gasteiger partial charge in [0.1, 0.15) is 0 Å². The lowest BCUT2D eigenvalue weighted by Gasteiger charge is -2.42. The van der Waals surface area contributed by atoms with Crippen LogP contribution in [0.4, 0.5) is 0 Å². The van der Waals surface area contributed by atoms with Crippen molar-refractivity contribution in [3.8, 4) is 0 Å². The molecule has 1 N–H and O–H groups in total. The van der Waals surface area contributed by atoms with E-state index in [0.717, 1.165) is 0 Å². The van der Waals surface area contributed by atoms with E-state index in [2.05, 4.69) is 56.4 Å². The number of nitrogens with one attached hydrogen (secondary N) is 1. The Bertz CT molecular complexity index is 315. The molecule has 0 bridgehead atoms. The molecule has 1 aliphatic rings. The predicted octanol–water partition coefficient (Wildman–Crippen LogP) is 3.53. The van der Waals surface area contributed by atoms with Gasteiger partial charge in [0.2, 0.25) is 0 Å². The number of hydrogen-bond donors (Lipinski definition) is 1. The predicted molar refractivity (Wildman–Crippen MR) is 64.8 cm³/mol. The van der Waals surface area contributed by atoms with Gasteiger partial charge in [0.15, 0.2) is 0 Å². The lowest BCUT2D eigenvalue weighted by atomic mass is 9.73. The molecule has 0 aliphatic carbocycles. The molecular formula is C14H21N. The van der Waals surface area contributed by atoms with E-state index in [0.29, 0.717) is 17.5 Å². The molecular weight excluding hydrogens is 182 g/mol. The molecule has 0 aromatic heterocycles. The molecule has 1 heterocycles. The first-order valence-electron chi connectivity index (χ1n) is 5.90. The maximum atomic E-state index is 3.72. The van der Waals surface area contributed by atoms with Gasteiger partial charge < -0.3 is 5.32 Å². The van der Waals surface area contributed by atoms with Gasteiger partial charge in [0.05, 0.1) is 0 Å². The third kappa shape index (κ3) is 2.23. The van der Waals surface area contributed by atoms with Gasteiger partial charge in [-0.15, -0.1) is 0 Å². The second-order valence-corrected chi connectivity index (χ2v) is 5.44. The minimum atomic E-state index is 0.369. The molecule has 1 heteroatoms. The summed E-state index contributed by atoms with van der Waals surface area (Å²) in [5, 5.41) is 3.72. The van der Waals surface area contributed by atoms with Crippen LogP contribution in [0.2, 0.25) is 0 Å². The van der Waals surface area contributed by atoms with Gasteiger partial charge in [-0.1, -0.05) is 44.2 Å². The average Bonchev–Trinajstić information content (AvgIpc) is 2.23. The molecule has 82 valence electrons. The third-order valence-electron chi connectivity index (χ3n) is 3.59. The van der Waals surface area contributed by atoms with Crippen LogP contribution in [0.15, 0.2) is 30.3 Å². The zero-order valence-electron chi connectivity index (χ0n) is 9.96. The molecule has 1 aliphatic heterocycles. The van der Waals surface area contributed by atoms with Crippen LogP contribution >= 0.6 is 0 Å². The van der Waals surface area contributed by atoms with Crippen molar-refractivity contribution in [2.24, 2.45) is 5.41 Å². The van der Waals surface area contributed by atoms with E-state index < -0.39 is 0 Å². The highest BCUT2D eigenvalue weighted by Gasteiger charge is 2.35. The molecule has 2 rings (SSSR count). The summed E-state index contributed by atoms with van der Waals surface area (Å²) in [5.41, 5.74) is 1.79. The topological polar surface area (TPSA) is 12.0 Å². The Morgan fingerprint density at radius 2 is 1.87 bits per heavy atom. The first-order valence-corrected chi connectivity index (χ1v) is 5.90. The van der Waals surface area contributed by atoms with Crippen molar-refractivity contribution in [3.05, 3.63) is 35.9 Å². The van der Waals surface area contributed by atoms with Crippen molar-refractivity contribution < 1.29 is 0 Å². The Morgan fingerprint density at radius 1 is 1.20 bits per heavy atom. The summed E-state index contributed by atoms with van der Waals surface area (Å²) in [6, 6.07) is 12.0. The zero-order chi connectivity index (χ0) is 10.9. The van der Waals surface area contributed by atoms with Crippen LogP contribution in [-0.4, -0.2) is 6.04 Å². The van der Waals surface area contributed by atoms with E-state index in [-0.39, 0.29) is 0 Å². The molecule has 0 spiro atoms.